The molecule has 3 rings (SSSR count). The molecule has 0 saturated carbocycles. The molecule has 0 unspecified atom stereocenters. The largest absolute Gasteiger partial charge is 0.379 e. The smallest absolute Gasteiger partial charge is 0.234 e. The first-order valence-electron chi connectivity index (χ1n) is 9.93. The van der Waals surface area contributed by atoms with Crippen molar-refractivity contribution in [1.82, 2.24) is 15.1 Å². The van der Waals surface area contributed by atoms with Gasteiger partial charge in [0.2, 0.25) is 11.8 Å². The standard InChI is InChI=1S/C19H33N3O3/c1-14(2)25-8-4-7-20-18(23)13-21-10-15-9-16(12-21)17-5-3-6-19(24)22(17)11-15/h14-17H,3-13H2,1-2H3,(H,20,23)/t15-,16-,17-/m1/s1. The molecule has 0 aliphatic carbocycles. The summed E-state index contributed by atoms with van der Waals surface area (Å²) >= 11 is 0. The van der Waals surface area contributed by atoms with E-state index in [0.717, 1.165) is 45.3 Å². The highest BCUT2D eigenvalue weighted by molar-refractivity contribution is 5.78. The summed E-state index contributed by atoms with van der Waals surface area (Å²) in [6.45, 7) is 8.68. The molecule has 6 heteroatoms. The van der Waals surface area contributed by atoms with Crippen LogP contribution in [0.1, 0.15) is 46.0 Å². The van der Waals surface area contributed by atoms with Crippen LogP contribution in [0.4, 0.5) is 0 Å². The molecule has 3 fully saturated rings. The number of hydrogen-bond acceptors (Lipinski definition) is 4. The number of rotatable bonds is 7. The zero-order valence-electron chi connectivity index (χ0n) is 15.7. The number of amides is 2. The lowest BCUT2D eigenvalue weighted by Gasteiger charge is -2.52. The van der Waals surface area contributed by atoms with E-state index in [1.807, 2.05) is 13.8 Å². The molecule has 3 aliphatic rings. The highest BCUT2D eigenvalue weighted by Crippen LogP contribution is 2.37. The second-order valence-corrected chi connectivity index (χ2v) is 8.18. The number of nitrogens with one attached hydrogen (secondary N) is 1. The molecule has 3 aliphatic heterocycles. The van der Waals surface area contributed by atoms with Gasteiger partial charge in [-0.25, -0.2) is 0 Å². The maximum Gasteiger partial charge on any atom is 0.234 e. The van der Waals surface area contributed by atoms with Gasteiger partial charge in [-0.2, -0.15) is 0 Å². The predicted molar refractivity (Wildman–Crippen MR) is 96.1 cm³/mol. The number of hydrogen-bond donors (Lipinski definition) is 1. The van der Waals surface area contributed by atoms with Crippen molar-refractivity contribution in [3.63, 3.8) is 0 Å². The number of carbonyl (C=O) groups is 2. The van der Waals surface area contributed by atoms with Crippen LogP contribution in [-0.4, -0.2) is 73.1 Å². The first kappa shape index (κ1) is 18.6. The summed E-state index contributed by atoms with van der Waals surface area (Å²) in [5, 5.41) is 3.01. The van der Waals surface area contributed by atoms with Crippen LogP contribution in [0.3, 0.4) is 0 Å². The molecule has 6 nitrogen and oxygen atoms in total. The van der Waals surface area contributed by atoms with Crippen molar-refractivity contribution in [1.29, 1.82) is 0 Å². The van der Waals surface area contributed by atoms with Gasteiger partial charge in [0.25, 0.3) is 0 Å². The van der Waals surface area contributed by atoms with Crippen molar-refractivity contribution in [3.8, 4) is 0 Å². The first-order valence-corrected chi connectivity index (χ1v) is 9.93. The quantitative estimate of drug-likeness (QED) is 0.701. The number of fused-ring (bicyclic) bond motifs is 4. The van der Waals surface area contributed by atoms with Crippen LogP contribution in [0, 0.1) is 11.8 Å². The summed E-state index contributed by atoms with van der Waals surface area (Å²) < 4.78 is 5.49. The van der Waals surface area contributed by atoms with E-state index in [1.54, 1.807) is 0 Å². The van der Waals surface area contributed by atoms with Crippen LogP contribution in [0.2, 0.25) is 0 Å². The van der Waals surface area contributed by atoms with Gasteiger partial charge in [-0.1, -0.05) is 0 Å². The first-order chi connectivity index (χ1) is 12.0. The van der Waals surface area contributed by atoms with E-state index in [0.29, 0.717) is 43.5 Å². The van der Waals surface area contributed by atoms with E-state index in [2.05, 4.69) is 15.1 Å². The summed E-state index contributed by atoms with van der Waals surface area (Å²) in [7, 11) is 0. The molecule has 2 bridgehead atoms. The van der Waals surface area contributed by atoms with Crippen LogP contribution >= 0.6 is 0 Å². The maximum absolute atomic E-state index is 12.2. The molecule has 0 spiro atoms. The zero-order valence-corrected chi connectivity index (χ0v) is 15.7. The van der Waals surface area contributed by atoms with Crippen molar-refractivity contribution >= 4 is 11.8 Å². The Morgan fingerprint density at radius 1 is 1.32 bits per heavy atom. The fourth-order valence-electron chi connectivity index (χ4n) is 4.72. The molecule has 25 heavy (non-hydrogen) atoms. The molecule has 2 amide bonds. The Balaban J connectivity index is 1.41. The van der Waals surface area contributed by atoms with Gasteiger partial charge in [-0.05, 0) is 51.4 Å². The zero-order chi connectivity index (χ0) is 17.8. The van der Waals surface area contributed by atoms with Crippen molar-refractivity contribution < 1.29 is 14.3 Å². The summed E-state index contributed by atoms with van der Waals surface area (Å²) in [6, 6.07) is 0.413. The number of nitrogens with zero attached hydrogens (tertiary/aromatic N) is 2. The average Bonchev–Trinajstić information content (AvgIpc) is 2.55. The normalized spacial score (nSPS) is 29.6. The Morgan fingerprint density at radius 3 is 2.96 bits per heavy atom. The molecule has 3 atom stereocenters. The minimum atomic E-state index is 0.112. The second-order valence-electron chi connectivity index (χ2n) is 8.18. The lowest BCUT2D eigenvalue weighted by Crippen LogP contribution is -2.61. The van der Waals surface area contributed by atoms with Gasteiger partial charge in [0, 0.05) is 45.2 Å². The van der Waals surface area contributed by atoms with Gasteiger partial charge in [0.1, 0.15) is 0 Å². The van der Waals surface area contributed by atoms with Gasteiger partial charge in [-0.15, -0.1) is 0 Å². The SMILES string of the molecule is CC(C)OCCCNC(=O)CN1C[C@H]2C[C@H](C1)[C@H]1CCCC(=O)N1C2. The summed E-state index contributed by atoms with van der Waals surface area (Å²) in [5.41, 5.74) is 0. The number of piperidine rings is 3. The minimum Gasteiger partial charge on any atom is -0.379 e. The van der Waals surface area contributed by atoms with E-state index < -0.39 is 0 Å². The van der Waals surface area contributed by atoms with Crippen LogP contribution in [-0.2, 0) is 14.3 Å². The Kier molecular flexibility index (Phi) is 6.34. The monoisotopic (exact) mass is 351 g/mol. The third kappa shape index (κ3) is 4.94. The Morgan fingerprint density at radius 2 is 2.16 bits per heavy atom. The second kappa shape index (κ2) is 8.49. The minimum absolute atomic E-state index is 0.112. The van der Waals surface area contributed by atoms with Crippen molar-refractivity contribution in [2.75, 3.05) is 39.3 Å². The van der Waals surface area contributed by atoms with Crippen LogP contribution in [0.25, 0.3) is 0 Å². The van der Waals surface area contributed by atoms with Gasteiger partial charge in [0.15, 0.2) is 0 Å². The van der Waals surface area contributed by atoms with Crippen LogP contribution in [0.5, 0.6) is 0 Å². The van der Waals surface area contributed by atoms with Crippen molar-refractivity contribution in [2.45, 2.75) is 58.1 Å². The van der Waals surface area contributed by atoms with Gasteiger partial charge >= 0.3 is 0 Å². The lowest BCUT2D eigenvalue weighted by atomic mass is 9.76. The molecule has 0 radical (unpaired) electrons. The Bertz CT molecular complexity index is 483. The van der Waals surface area contributed by atoms with Gasteiger partial charge in [-0.3, -0.25) is 14.5 Å². The predicted octanol–water partition coefficient (Wildman–Crippen LogP) is 1.25. The third-order valence-electron chi connectivity index (χ3n) is 5.72. The van der Waals surface area contributed by atoms with E-state index in [-0.39, 0.29) is 12.0 Å². The molecule has 3 saturated heterocycles. The number of likely N-dealkylation sites (tertiary alicyclic amines) is 1. The van der Waals surface area contributed by atoms with E-state index in [1.165, 1.54) is 6.42 Å². The fourth-order valence-corrected chi connectivity index (χ4v) is 4.72. The van der Waals surface area contributed by atoms with Gasteiger partial charge < -0.3 is 15.0 Å². The molecular formula is C19H33N3O3. The van der Waals surface area contributed by atoms with E-state index in [4.69, 9.17) is 4.74 Å². The van der Waals surface area contributed by atoms with E-state index in [9.17, 15) is 9.59 Å². The summed E-state index contributed by atoms with van der Waals surface area (Å²) in [4.78, 5) is 28.8. The average molecular weight is 351 g/mol. The molecule has 0 aromatic carbocycles. The molecular weight excluding hydrogens is 318 g/mol. The molecule has 142 valence electrons. The molecule has 0 aromatic rings. The summed E-state index contributed by atoms with van der Waals surface area (Å²) in [6.07, 6.45) is 5.21. The van der Waals surface area contributed by atoms with Crippen LogP contribution in [0.15, 0.2) is 0 Å². The fraction of sp³-hybridized carbons (Fsp3) is 0.895. The highest BCUT2D eigenvalue weighted by atomic mass is 16.5. The molecule has 1 N–H and O–H groups in total. The third-order valence-corrected chi connectivity index (χ3v) is 5.72. The van der Waals surface area contributed by atoms with Crippen LogP contribution < -0.4 is 5.32 Å². The van der Waals surface area contributed by atoms with Gasteiger partial charge in [0.05, 0.1) is 12.6 Å². The Hall–Kier alpha value is -1.14. The van der Waals surface area contributed by atoms with Crippen molar-refractivity contribution in [3.05, 3.63) is 0 Å². The highest BCUT2D eigenvalue weighted by Gasteiger charge is 2.43. The maximum atomic E-state index is 12.2. The topological polar surface area (TPSA) is 61.9 Å². The number of ether oxygens (including phenoxy) is 1. The lowest BCUT2D eigenvalue weighted by molar-refractivity contribution is -0.145. The molecule has 0 aromatic heterocycles. The van der Waals surface area contributed by atoms with Crippen molar-refractivity contribution in [2.24, 2.45) is 11.8 Å². The van der Waals surface area contributed by atoms with E-state index >= 15 is 0 Å². The molecule has 3 heterocycles. The summed E-state index contributed by atoms with van der Waals surface area (Å²) in [5.74, 6) is 1.54. The number of carbonyl (C=O) groups excluding carboxylic acids is 2. The Labute approximate surface area is 151 Å².